The van der Waals surface area contributed by atoms with Gasteiger partial charge < -0.3 is 5.32 Å². The van der Waals surface area contributed by atoms with E-state index in [1.54, 1.807) is 7.05 Å². The fraction of sp³-hybridized carbons (Fsp3) is 0.278. The number of carbonyl (C=O) groups is 1. The number of aryl methyl sites for hydroxylation is 3. The second-order valence-electron chi connectivity index (χ2n) is 5.99. The quantitative estimate of drug-likeness (QED) is 0.560. The Hall–Kier alpha value is -2.12. The first-order chi connectivity index (χ1) is 11.8. The average Bonchev–Trinajstić information content (AvgIpc) is 2.93. The summed E-state index contributed by atoms with van der Waals surface area (Å²) in [5.41, 5.74) is 2.85. The summed E-state index contributed by atoms with van der Waals surface area (Å²) in [5, 5.41) is 4.11. The van der Waals surface area contributed by atoms with Crippen molar-refractivity contribution in [2.24, 2.45) is 7.05 Å². The Balaban J connectivity index is 1.76. The lowest BCUT2D eigenvalue weighted by Gasteiger charge is -2.10. The van der Waals surface area contributed by atoms with Gasteiger partial charge >= 0.3 is 0 Å². The third-order valence-electron chi connectivity index (χ3n) is 3.85. The molecule has 130 valence electrons. The molecule has 0 aliphatic heterocycles. The number of hydrogen-bond donors (Lipinski definition) is 1. The van der Waals surface area contributed by atoms with Gasteiger partial charge in [-0.3, -0.25) is 14.2 Å². The van der Waals surface area contributed by atoms with E-state index in [9.17, 15) is 9.59 Å². The maximum absolute atomic E-state index is 12.4. The highest BCUT2D eigenvalue weighted by Gasteiger charge is 2.13. The number of nitrogens with one attached hydrogen (secondary N) is 1. The maximum atomic E-state index is 12.4. The molecular formula is C18H19N3O2S2. The second kappa shape index (κ2) is 7.01. The number of thiophene rings is 1. The topological polar surface area (TPSA) is 64.0 Å². The second-order valence-corrected chi connectivity index (χ2v) is 8.17. The molecule has 0 saturated carbocycles. The summed E-state index contributed by atoms with van der Waals surface area (Å²) in [6, 6.07) is 7.80. The zero-order valence-electron chi connectivity index (χ0n) is 14.5. The Morgan fingerprint density at radius 2 is 2.04 bits per heavy atom. The number of aromatic nitrogens is 2. The fourth-order valence-electron chi connectivity index (χ4n) is 2.48. The number of fused-ring (bicyclic) bond motifs is 1. The number of amides is 1. The number of nitrogens with zero attached hydrogens (tertiary/aromatic N) is 2. The van der Waals surface area contributed by atoms with Crippen molar-refractivity contribution in [2.45, 2.75) is 25.9 Å². The van der Waals surface area contributed by atoms with E-state index in [4.69, 9.17) is 0 Å². The first-order valence-electron chi connectivity index (χ1n) is 7.82. The standard InChI is InChI=1S/C18H19N3O2S2/c1-10-5-6-11(2)14(7-10)19-15(22)9-24-18-20-16-13(8-12(3)25-16)17(23)21(18)4/h5-8H,9H2,1-4H3,(H,19,22). The highest BCUT2D eigenvalue weighted by Crippen LogP contribution is 2.24. The van der Waals surface area contributed by atoms with Crippen LogP contribution in [-0.4, -0.2) is 21.2 Å². The van der Waals surface area contributed by atoms with E-state index in [0.717, 1.165) is 26.5 Å². The van der Waals surface area contributed by atoms with Crippen molar-refractivity contribution in [1.82, 2.24) is 9.55 Å². The number of benzene rings is 1. The van der Waals surface area contributed by atoms with Crippen LogP contribution in [0.15, 0.2) is 34.2 Å². The molecule has 7 heteroatoms. The van der Waals surface area contributed by atoms with Gasteiger partial charge in [0.15, 0.2) is 5.16 Å². The van der Waals surface area contributed by atoms with Gasteiger partial charge in [-0.25, -0.2) is 4.98 Å². The van der Waals surface area contributed by atoms with Crippen LogP contribution in [0.3, 0.4) is 0 Å². The molecule has 1 amide bonds. The molecule has 0 bridgehead atoms. The lowest BCUT2D eigenvalue weighted by Crippen LogP contribution is -2.21. The predicted molar refractivity (Wildman–Crippen MR) is 105 cm³/mol. The van der Waals surface area contributed by atoms with Crippen molar-refractivity contribution in [3.05, 3.63) is 50.6 Å². The normalized spacial score (nSPS) is 11.0. The Morgan fingerprint density at radius 1 is 1.28 bits per heavy atom. The van der Waals surface area contributed by atoms with Crippen LogP contribution in [0.1, 0.15) is 16.0 Å². The molecule has 2 aromatic heterocycles. The molecule has 1 N–H and O–H groups in total. The number of anilines is 1. The van der Waals surface area contributed by atoms with E-state index in [0.29, 0.717) is 10.5 Å². The molecular weight excluding hydrogens is 354 g/mol. The van der Waals surface area contributed by atoms with Gasteiger partial charge in [-0.1, -0.05) is 23.9 Å². The minimum atomic E-state index is -0.115. The maximum Gasteiger partial charge on any atom is 0.262 e. The summed E-state index contributed by atoms with van der Waals surface area (Å²) in [5.74, 6) is 0.0826. The summed E-state index contributed by atoms with van der Waals surface area (Å²) in [6.45, 7) is 5.90. The summed E-state index contributed by atoms with van der Waals surface area (Å²) < 4.78 is 1.50. The van der Waals surface area contributed by atoms with Gasteiger partial charge in [0.1, 0.15) is 4.83 Å². The molecule has 2 heterocycles. The molecule has 0 unspecified atom stereocenters. The number of thioether (sulfide) groups is 1. The van der Waals surface area contributed by atoms with Crippen molar-refractivity contribution < 1.29 is 4.79 Å². The van der Waals surface area contributed by atoms with Crippen molar-refractivity contribution in [1.29, 1.82) is 0 Å². The smallest absolute Gasteiger partial charge is 0.262 e. The lowest BCUT2D eigenvalue weighted by atomic mass is 10.1. The molecule has 0 atom stereocenters. The Bertz CT molecular complexity index is 1020. The largest absolute Gasteiger partial charge is 0.325 e. The van der Waals surface area contributed by atoms with E-state index >= 15 is 0 Å². The van der Waals surface area contributed by atoms with E-state index < -0.39 is 0 Å². The number of rotatable bonds is 4. The van der Waals surface area contributed by atoms with E-state index in [1.807, 2.05) is 45.0 Å². The third-order valence-corrected chi connectivity index (χ3v) is 5.83. The van der Waals surface area contributed by atoms with Crippen LogP contribution in [0.25, 0.3) is 10.2 Å². The van der Waals surface area contributed by atoms with Crippen LogP contribution in [0.5, 0.6) is 0 Å². The minimum Gasteiger partial charge on any atom is -0.325 e. The first-order valence-corrected chi connectivity index (χ1v) is 9.62. The van der Waals surface area contributed by atoms with Crippen molar-refractivity contribution in [3.63, 3.8) is 0 Å². The first kappa shape index (κ1) is 17.7. The van der Waals surface area contributed by atoms with Crippen molar-refractivity contribution in [3.8, 4) is 0 Å². The summed E-state index contributed by atoms with van der Waals surface area (Å²) in [4.78, 5) is 31.0. The molecule has 3 aromatic rings. The summed E-state index contributed by atoms with van der Waals surface area (Å²) >= 11 is 2.76. The van der Waals surface area contributed by atoms with Crippen molar-refractivity contribution in [2.75, 3.05) is 11.1 Å². The van der Waals surface area contributed by atoms with Gasteiger partial charge in [0.25, 0.3) is 5.56 Å². The predicted octanol–water partition coefficient (Wildman–Crippen LogP) is 3.65. The van der Waals surface area contributed by atoms with Crippen LogP contribution in [0.2, 0.25) is 0 Å². The molecule has 5 nitrogen and oxygen atoms in total. The van der Waals surface area contributed by atoms with E-state index in [2.05, 4.69) is 10.3 Å². The lowest BCUT2D eigenvalue weighted by molar-refractivity contribution is -0.113. The molecule has 1 aromatic carbocycles. The molecule has 25 heavy (non-hydrogen) atoms. The van der Waals surface area contributed by atoms with Gasteiger partial charge in [0.2, 0.25) is 5.91 Å². The molecule has 0 aliphatic rings. The number of hydrogen-bond acceptors (Lipinski definition) is 5. The van der Waals surface area contributed by atoms with Crippen LogP contribution in [-0.2, 0) is 11.8 Å². The summed E-state index contributed by atoms with van der Waals surface area (Å²) in [6.07, 6.45) is 0. The highest BCUT2D eigenvalue weighted by atomic mass is 32.2. The Labute approximate surface area is 154 Å². The molecule has 0 aliphatic carbocycles. The molecule has 3 rings (SSSR count). The van der Waals surface area contributed by atoms with Crippen LogP contribution >= 0.6 is 23.1 Å². The SMILES string of the molecule is Cc1ccc(C)c(NC(=O)CSc2nc3sc(C)cc3c(=O)n2C)c1. The molecule has 0 fully saturated rings. The van der Waals surface area contributed by atoms with Crippen LogP contribution in [0, 0.1) is 20.8 Å². The van der Waals surface area contributed by atoms with Gasteiger partial charge in [0, 0.05) is 17.6 Å². The Kier molecular flexibility index (Phi) is 4.96. The van der Waals surface area contributed by atoms with Crippen LogP contribution < -0.4 is 10.9 Å². The third kappa shape index (κ3) is 3.77. The summed E-state index contributed by atoms with van der Waals surface area (Å²) in [7, 11) is 1.69. The van der Waals surface area contributed by atoms with Gasteiger partial charge in [-0.2, -0.15) is 0 Å². The zero-order valence-corrected chi connectivity index (χ0v) is 16.2. The highest BCUT2D eigenvalue weighted by molar-refractivity contribution is 7.99. The van der Waals surface area contributed by atoms with Crippen LogP contribution in [0.4, 0.5) is 5.69 Å². The average molecular weight is 374 g/mol. The molecule has 0 radical (unpaired) electrons. The zero-order chi connectivity index (χ0) is 18.1. The van der Waals surface area contributed by atoms with Gasteiger partial charge in [0.05, 0.1) is 11.1 Å². The minimum absolute atomic E-state index is 0.0770. The van der Waals surface area contributed by atoms with Gasteiger partial charge in [-0.05, 0) is 44.0 Å². The Morgan fingerprint density at radius 3 is 2.80 bits per heavy atom. The van der Waals surface area contributed by atoms with Crippen molar-refractivity contribution >= 4 is 44.9 Å². The van der Waals surface area contributed by atoms with E-state index in [1.165, 1.54) is 27.7 Å². The molecule has 0 saturated heterocycles. The fourth-order valence-corrected chi connectivity index (χ4v) is 4.18. The molecule has 0 spiro atoms. The number of carbonyl (C=O) groups excluding carboxylic acids is 1. The monoisotopic (exact) mass is 373 g/mol. The van der Waals surface area contributed by atoms with Gasteiger partial charge in [-0.15, -0.1) is 11.3 Å². The van der Waals surface area contributed by atoms with E-state index in [-0.39, 0.29) is 17.2 Å².